The molecule has 1 aliphatic rings. The van der Waals surface area contributed by atoms with Gasteiger partial charge in [0.25, 0.3) is 0 Å². The van der Waals surface area contributed by atoms with E-state index in [1.807, 2.05) is 6.92 Å². The molecule has 0 bridgehead atoms. The highest BCUT2D eigenvalue weighted by molar-refractivity contribution is 5.85. The number of hydrogen-bond acceptors (Lipinski definition) is 3. The van der Waals surface area contributed by atoms with Gasteiger partial charge in [-0.05, 0) is 19.9 Å². The first-order chi connectivity index (χ1) is 6.13. The third kappa shape index (κ3) is 1.84. The molecule has 4 nitrogen and oxygen atoms in total. The van der Waals surface area contributed by atoms with Crippen LogP contribution in [-0.4, -0.2) is 30.7 Å². The first-order valence-electron chi connectivity index (χ1n) is 4.80. The molecule has 1 aliphatic heterocycles. The maximum Gasteiger partial charge on any atom is 0.240 e. The number of carbonyl (C=O) groups excluding carboxylic acids is 1. The Kier molecular flexibility index (Phi) is 3.27. The van der Waals surface area contributed by atoms with Gasteiger partial charge in [-0.1, -0.05) is 6.92 Å². The van der Waals surface area contributed by atoms with E-state index in [4.69, 9.17) is 10.5 Å². The molecule has 1 fully saturated rings. The summed E-state index contributed by atoms with van der Waals surface area (Å²) in [6, 6.07) is 0. The number of nitrogens with one attached hydrogen (secondary N) is 1. The number of primary amides is 1. The highest BCUT2D eigenvalue weighted by Gasteiger charge is 2.46. The highest BCUT2D eigenvalue weighted by atomic mass is 16.5. The molecule has 2 atom stereocenters. The molecule has 0 aromatic carbocycles. The maximum absolute atomic E-state index is 11.3. The second kappa shape index (κ2) is 4.07. The predicted octanol–water partition coefficient (Wildman–Crippen LogP) is 0.0189. The van der Waals surface area contributed by atoms with Gasteiger partial charge in [0.15, 0.2) is 0 Å². The van der Waals surface area contributed by atoms with E-state index in [1.165, 1.54) is 0 Å². The summed E-state index contributed by atoms with van der Waals surface area (Å²) in [7, 11) is 0. The number of ether oxygens (including phenoxy) is 1. The third-order valence-corrected chi connectivity index (χ3v) is 2.69. The van der Waals surface area contributed by atoms with Crippen LogP contribution in [0.15, 0.2) is 0 Å². The van der Waals surface area contributed by atoms with Crippen molar-refractivity contribution in [2.24, 2.45) is 5.73 Å². The van der Waals surface area contributed by atoms with Crippen molar-refractivity contribution in [1.29, 1.82) is 0 Å². The van der Waals surface area contributed by atoms with Crippen molar-refractivity contribution in [2.75, 3.05) is 13.2 Å². The number of rotatable bonds is 4. The van der Waals surface area contributed by atoms with Gasteiger partial charge in [-0.15, -0.1) is 0 Å². The Morgan fingerprint density at radius 3 is 2.85 bits per heavy atom. The topological polar surface area (TPSA) is 64.3 Å². The normalized spacial score (nSPS) is 33.5. The quantitative estimate of drug-likeness (QED) is 0.650. The lowest BCUT2D eigenvalue weighted by Gasteiger charge is -2.29. The van der Waals surface area contributed by atoms with E-state index in [-0.39, 0.29) is 12.0 Å². The van der Waals surface area contributed by atoms with Crippen molar-refractivity contribution in [2.45, 2.75) is 38.3 Å². The predicted molar refractivity (Wildman–Crippen MR) is 50.3 cm³/mol. The zero-order valence-corrected chi connectivity index (χ0v) is 8.30. The summed E-state index contributed by atoms with van der Waals surface area (Å²) >= 11 is 0. The van der Waals surface area contributed by atoms with Gasteiger partial charge in [-0.3, -0.25) is 4.79 Å². The Bertz CT molecular complexity index is 196. The molecule has 13 heavy (non-hydrogen) atoms. The summed E-state index contributed by atoms with van der Waals surface area (Å²) in [6.07, 6.45) is 1.56. The molecule has 0 radical (unpaired) electrons. The van der Waals surface area contributed by atoms with Crippen molar-refractivity contribution in [3.05, 3.63) is 0 Å². The Morgan fingerprint density at radius 2 is 2.46 bits per heavy atom. The Hall–Kier alpha value is -0.610. The Balaban J connectivity index is 2.68. The summed E-state index contributed by atoms with van der Waals surface area (Å²) < 4.78 is 5.36. The zero-order valence-electron chi connectivity index (χ0n) is 8.30. The van der Waals surface area contributed by atoms with Gasteiger partial charge in [-0.25, -0.2) is 0 Å². The fourth-order valence-electron chi connectivity index (χ4n) is 1.73. The lowest BCUT2D eigenvalue weighted by Crippen LogP contribution is -2.59. The molecule has 76 valence electrons. The minimum atomic E-state index is -0.629. The van der Waals surface area contributed by atoms with E-state index in [9.17, 15) is 4.79 Å². The second-order valence-corrected chi connectivity index (χ2v) is 3.53. The monoisotopic (exact) mass is 186 g/mol. The summed E-state index contributed by atoms with van der Waals surface area (Å²) in [6.45, 7) is 5.36. The van der Waals surface area contributed by atoms with Gasteiger partial charge in [0.2, 0.25) is 5.91 Å². The van der Waals surface area contributed by atoms with Crippen LogP contribution < -0.4 is 11.1 Å². The number of amides is 1. The summed E-state index contributed by atoms with van der Waals surface area (Å²) in [5.41, 5.74) is 4.75. The molecular formula is C9H18N2O2. The average molecular weight is 186 g/mol. The SMILES string of the molecule is CCCNC1(C(N)=O)CCOC1C. The Labute approximate surface area is 78.8 Å². The van der Waals surface area contributed by atoms with E-state index in [2.05, 4.69) is 12.2 Å². The van der Waals surface area contributed by atoms with Gasteiger partial charge in [0.05, 0.1) is 6.10 Å². The molecule has 1 saturated heterocycles. The molecule has 0 spiro atoms. The molecule has 1 amide bonds. The largest absolute Gasteiger partial charge is 0.376 e. The van der Waals surface area contributed by atoms with Gasteiger partial charge in [-0.2, -0.15) is 0 Å². The molecule has 0 aromatic rings. The smallest absolute Gasteiger partial charge is 0.240 e. The maximum atomic E-state index is 11.3. The van der Waals surface area contributed by atoms with Crippen molar-refractivity contribution in [3.63, 3.8) is 0 Å². The van der Waals surface area contributed by atoms with Crippen molar-refractivity contribution < 1.29 is 9.53 Å². The van der Waals surface area contributed by atoms with E-state index in [0.29, 0.717) is 13.0 Å². The van der Waals surface area contributed by atoms with E-state index >= 15 is 0 Å². The first kappa shape index (κ1) is 10.5. The number of nitrogens with two attached hydrogens (primary N) is 1. The highest BCUT2D eigenvalue weighted by Crippen LogP contribution is 2.25. The molecule has 0 aromatic heterocycles. The lowest BCUT2D eigenvalue weighted by molar-refractivity contribution is -0.126. The lowest BCUT2D eigenvalue weighted by atomic mass is 9.91. The molecule has 0 aliphatic carbocycles. The molecule has 0 saturated carbocycles. The molecule has 2 unspecified atom stereocenters. The number of carbonyl (C=O) groups is 1. The van der Waals surface area contributed by atoms with E-state index in [0.717, 1.165) is 13.0 Å². The summed E-state index contributed by atoms with van der Waals surface area (Å²) in [5.74, 6) is -0.300. The van der Waals surface area contributed by atoms with Crippen LogP contribution in [-0.2, 0) is 9.53 Å². The van der Waals surface area contributed by atoms with Crippen molar-refractivity contribution in [3.8, 4) is 0 Å². The Morgan fingerprint density at radius 1 is 1.77 bits per heavy atom. The standard InChI is InChI=1S/C9H18N2O2/c1-3-5-11-9(8(10)12)4-6-13-7(9)2/h7,11H,3-6H2,1-2H3,(H2,10,12). The minimum absolute atomic E-state index is 0.114. The van der Waals surface area contributed by atoms with Crippen LogP contribution in [0.1, 0.15) is 26.7 Å². The molecular weight excluding hydrogens is 168 g/mol. The fraction of sp³-hybridized carbons (Fsp3) is 0.889. The van der Waals surface area contributed by atoms with E-state index in [1.54, 1.807) is 0 Å². The summed E-state index contributed by atoms with van der Waals surface area (Å²) in [5, 5.41) is 3.19. The molecule has 1 heterocycles. The minimum Gasteiger partial charge on any atom is -0.376 e. The fourth-order valence-corrected chi connectivity index (χ4v) is 1.73. The molecule has 4 heteroatoms. The van der Waals surface area contributed by atoms with Crippen molar-refractivity contribution in [1.82, 2.24) is 5.32 Å². The van der Waals surface area contributed by atoms with Gasteiger partial charge >= 0.3 is 0 Å². The average Bonchev–Trinajstić information content (AvgIpc) is 2.45. The van der Waals surface area contributed by atoms with Crippen LogP contribution in [0.25, 0.3) is 0 Å². The van der Waals surface area contributed by atoms with Crippen LogP contribution in [0.5, 0.6) is 0 Å². The summed E-state index contributed by atoms with van der Waals surface area (Å²) in [4.78, 5) is 11.3. The zero-order chi connectivity index (χ0) is 9.90. The van der Waals surface area contributed by atoms with Gasteiger partial charge in [0.1, 0.15) is 5.54 Å². The van der Waals surface area contributed by atoms with Crippen LogP contribution in [0, 0.1) is 0 Å². The number of hydrogen-bond donors (Lipinski definition) is 2. The van der Waals surface area contributed by atoms with Gasteiger partial charge < -0.3 is 15.8 Å². The van der Waals surface area contributed by atoms with Crippen LogP contribution in [0.4, 0.5) is 0 Å². The molecule has 3 N–H and O–H groups in total. The second-order valence-electron chi connectivity index (χ2n) is 3.53. The van der Waals surface area contributed by atoms with Crippen LogP contribution in [0.2, 0.25) is 0 Å². The van der Waals surface area contributed by atoms with Crippen molar-refractivity contribution >= 4 is 5.91 Å². The third-order valence-electron chi connectivity index (χ3n) is 2.69. The molecule has 1 rings (SSSR count). The van der Waals surface area contributed by atoms with Gasteiger partial charge in [0, 0.05) is 13.0 Å². The van der Waals surface area contributed by atoms with Crippen LogP contribution in [0.3, 0.4) is 0 Å². The van der Waals surface area contributed by atoms with E-state index < -0.39 is 5.54 Å². The first-order valence-corrected chi connectivity index (χ1v) is 4.80. The van der Waals surface area contributed by atoms with Crippen LogP contribution >= 0.6 is 0 Å².